The number of aliphatic carboxylic acids is 1. The maximum atomic E-state index is 11.4. The Balaban J connectivity index is 2.65. The van der Waals surface area contributed by atoms with Crippen molar-refractivity contribution >= 4 is 17.8 Å². The molecule has 5 N–H and O–H groups in total. The molecular weight excluding hydrogens is 216 g/mol. The minimum Gasteiger partial charge on any atom is -0.480 e. The highest BCUT2D eigenvalue weighted by Gasteiger charge is 2.22. The summed E-state index contributed by atoms with van der Waals surface area (Å²) >= 11 is 0. The average Bonchev–Trinajstić information content (AvgIpc) is 2.68. The third-order valence-electron chi connectivity index (χ3n) is 1.77. The van der Waals surface area contributed by atoms with Crippen molar-refractivity contribution in [1.82, 2.24) is 15.5 Å². The van der Waals surface area contributed by atoms with Crippen molar-refractivity contribution in [2.75, 3.05) is 0 Å². The van der Waals surface area contributed by atoms with E-state index in [0.717, 1.165) is 0 Å². The fourth-order valence-electron chi connectivity index (χ4n) is 1.02. The normalized spacial score (nSPS) is 11.8. The highest BCUT2D eigenvalue weighted by Crippen LogP contribution is 1.97. The molecule has 0 fully saturated rings. The first-order valence-corrected chi connectivity index (χ1v) is 4.31. The third-order valence-corrected chi connectivity index (χ3v) is 1.77. The Bertz CT molecular complexity index is 400. The van der Waals surface area contributed by atoms with E-state index < -0.39 is 30.2 Å². The van der Waals surface area contributed by atoms with Crippen molar-refractivity contribution in [3.8, 4) is 0 Å². The van der Waals surface area contributed by atoms with Gasteiger partial charge >= 0.3 is 5.97 Å². The molecule has 8 heteroatoms. The average molecular weight is 226 g/mol. The summed E-state index contributed by atoms with van der Waals surface area (Å²) in [5.74, 6) is -2.77. The fourth-order valence-corrected chi connectivity index (χ4v) is 1.02. The van der Waals surface area contributed by atoms with E-state index in [1.54, 1.807) is 0 Å². The molecule has 16 heavy (non-hydrogen) atoms. The molecule has 1 aromatic rings. The zero-order valence-electron chi connectivity index (χ0n) is 8.14. The number of nitrogens with zero attached hydrogens (tertiary/aromatic N) is 1. The predicted octanol–water partition coefficient (Wildman–Crippen LogP) is -1.53. The maximum Gasteiger partial charge on any atom is 0.326 e. The lowest BCUT2D eigenvalue weighted by molar-refractivity contribution is -0.140. The number of carboxylic acid groups (broad SMARTS) is 1. The molecule has 0 radical (unpaired) electrons. The summed E-state index contributed by atoms with van der Waals surface area (Å²) in [7, 11) is 0. The number of aromatic nitrogens is 2. The lowest BCUT2D eigenvalue weighted by Gasteiger charge is -2.11. The van der Waals surface area contributed by atoms with Gasteiger partial charge in [0.2, 0.25) is 5.91 Å². The van der Waals surface area contributed by atoms with E-state index in [1.165, 1.54) is 12.4 Å². The van der Waals surface area contributed by atoms with E-state index in [1.807, 2.05) is 0 Å². The molecule has 1 aromatic heterocycles. The van der Waals surface area contributed by atoms with E-state index in [9.17, 15) is 14.4 Å². The first-order valence-electron chi connectivity index (χ1n) is 4.31. The molecule has 0 saturated carbocycles. The molecule has 0 unspecified atom stereocenters. The summed E-state index contributed by atoms with van der Waals surface area (Å²) < 4.78 is 0. The predicted molar refractivity (Wildman–Crippen MR) is 51.3 cm³/mol. The van der Waals surface area contributed by atoms with Crippen LogP contribution in [0.25, 0.3) is 0 Å². The smallest absolute Gasteiger partial charge is 0.326 e. The summed E-state index contributed by atoms with van der Waals surface area (Å²) in [4.78, 5) is 32.7. The number of hydrogen-bond donors (Lipinski definition) is 4. The molecule has 1 heterocycles. The van der Waals surface area contributed by atoms with Crippen LogP contribution in [0.1, 0.15) is 16.8 Å². The van der Waals surface area contributed by atoms with Crippen molar-refractivity contribution in [1.29, 1.82) is 0 Å². The van der Waals surface area contributed by atoms with Crippen LogP contribution in [0.15, 0.2) is 12.4 Å². The molecule has 0 saturated heterocycles. The number of hydrogen-bond acceptors (Lipinski definition) is 4. The van der Waals surface area contributed by atoms with Crippen LogP contribution < -0.4 is 11.1 Å². The number of nitrogens with one attached hydrogen (secondary N) is 2. The molecule has 0 spiro atoms. The Morgan fingerprint density at radius 3 is 2.69 bits per heavy atom. The number of aromatic amines is 1. The molecular formula is C8H10N4O4. The molecule has 1 atom stereocenters. The van der Waals surface area contributed by atoms with Crippen LogP contribution in [-0.4, -0.2) is 39.1 Å². The second-order valence-corrected chi connectivity index (χ2v) is 3.02. The first kappa shape index (κ1) is 11.7. The molecule has 2 amide bonds. The molecule has 1 rings (SSSR count). The van der Waals surface area contributed by atoms with Crippen LogP contribution in [0.2, 0.25) is 0 Å². The van der Waals surface area contributed by atoms with Gasteiger partial charge < -0.3 is 16.2 Å². The highest BCUT2D eigenvalue weighted by atomic mass is 16.4. The molecule has 8 nitrogen and oxygen atoms in total. The topological polar surface area (TPSA) is 138 Å². The van der Waals surface area contributed by atoms with Crippen LogP contribution in [0.5, 0.6) is 0 Å². The Morgan fingerprint density at radius 1 is 1.56 bits per heavy atom. The van der Waals surface area contributed by atoms with Gasteiger partial charge in [-0.2, -0.15) is 5.10 Å². The van der Waals surface area contributed by atoms with Gasteiger partial charge in [-0.05, 0) is 0 Å². The number of primary amides is 1. The largest absolute Gasteiger partial charge is 0.480 e. The van der Waals surface area contributed by atoms with Crippen LogP contribution in [0.4, 0.5) is 0 Å². The van der Waals surface area contributed by atoms with Crippen molar-refractivity contribution < 1.29 is 19.5 Å². The monoisotopic (exact) mass is 226 g/mol. The number of rotatable bonds is 5. The van der Waals surface area contributed by atoms with Gasteiger partial charge in [0.05, 0.1) is 18.2 Å². The van der Waals surface area contributed by atoms with E-state index >= 15 is 0 Å². The molecule has 86 valence electrons. The summed E-state index contributed by atoms with van der Waals surface area (Å²) in [6.07, 6.45) is 2.08. The molecule has 0 aliphatic carbocycles. The standard InChI is InChI=1S/C8H10N4O4/c9-6(13)1-5(8(15)16)12-7(14)4-2-10-11-3-4/h2-3,5H,1H2,(H2,9,13)(H,10,11)(H,12,14)(H,15,16)/t5-/m0/s1. The minimum absolute atomic E-state index is 0.177. The number of amides is 2. The van der Waals surface area contributed by atoms with Crippen molar-refractivity contribution in [3.05, 3.63) is 18.0 Å². The van der Waals surface area contributed by atoms with Gasteiger partial charge in [0.25, 0.3) is 5.91 Å². The second kappa shape index (κ2) is 4.91. The van der Waals surface area contributed by atoms with Crippen LogP contribution >= 0.6 is 0 Å². The quantitative estimate of drug-likeness (QED) is 0.482. The van der Waals surface area contributed by atoms with Gasteiger partial charge in [-0.1, -0.05) is 0 Å². The van der Waals surface area contributed by atoms with Gasteiger partial charge in [-0.15, -0.1) is 0 Å². The third kappa shape index (κ3) is 3.08. The number of H-pyrrole nitrogens is 1. The van der Waals surface area contributed by atoms with Crippen molar-refractivity contribution in [3.63, 3.8) is 0 Å². The Hall–Kier alpha value is -2.38. The number of carbonyl (C=O) groups is 3. The van der Waals surface area contributed by atoms with Gasteiger partial charge in [-0.25, -0.2) is 4.79 Å². The van der Waals surface area contributed by atoms with Crippen molar-refractivity contribution in [2.24, 2.45) is 5.73 Å². The molecule has 0 bridgehead atoms. The summed E-state index contributed by atoms with van der Waals surface area (Å²) in [5, 5.41) is 16.8. The van der Waals surface area contributed by atoms with Gasteiger partial charge in [0.15, 0.2) is 0 Å². The zero-order chi connectivity index (χ0) is 12.1. The van der Waals surface area contributed by atoms with E-state index in [-0.39, 0.29) is 5.56 Å². The van der Waals surface area contributed by atoms with Crippen LogP contribution in [0, 0.1) is 0 Å². The molecule has 0 aliphatic heterocycles. The Labute approximate surface area is 89.8 Å². The zero-order valence-corrected chi connectivity index (χ0v) is 8.14. The van der Waals surface area contributed by atoms with E-state index in [2.05, 4.69) is 15.5 Å². The van der Waals surface area contributed by atoms with Gasteiger partial charge in [-0.3, -0.25) is 14.7 Å². The number of carbonyl (C=O) groups excluding carboxylic acids is 2. The Morgan fingerprint density at radius 2 is 2.25 bits per heavy atom. The van der Waals surface area contributed by atoms with Crippen LogP contribution in [-0.2, 0) is 9.59 Å². The highest BCUT2D eigenvalue weighted by molar-refractivity contribution is 5.97. The number of carboxylic acids is 1. The lowest BCUT2D eigenvalue weighted by Crippen LogP contribution is -2.43. The second-order valence-electron chi connectivity index (χ2n) is 3.02. The lowest BCUT2D eigenvalue weighted by atomic mass is 10.2. The summed E-state index contributed by atoms with van der Waals surface area (Å²) in [6, 6.07) is -1.33. The van der Waals surface area contributed by atoms with E-state index in [4.69, 9.17) is 10.8 Å². The Kier molecular flexibility index (Phi) is 3.59. The van der Waals surface area contributed by atoms with Crippen LogP contribution in [0.3, 0.4) is 0 Å². The first-order chi connectivity index (χ1) is 7.50. The van der Waals surface area contributed by atoms with Gasteiger partial charge in [0.1, 0.15) is 6.04 Å². The fraction of sp³-hybridized carbons (Fsp3) is 0.250. The molecule has 0 aromatic carbocycles. The summed E-state index contributed by atoms with van der Waals surface area (Å²) in [6.45, 7) is 0. The minimum atomic E-state index is -1.33. The SMILES string of the molecule is NC(=O)C[C@H](NC(=O)c1cn[nH]c1)C(=O)O. The maximum absolute atomic E-state index is 11.4. The molecule has 0 aliphatic rings. The van der Waals surface area contributed by atoms with Crippen molar-refractivity contribution in [2.45, 2.75) is 12.5 Å². The summed E-state index contributed by atoms with van der Waals surface area (Å²) in [5.41, 5.74) is 5.03. The number of nitrogens with two attached hydrogens (primary N) is 1. The van der Waals surface area contributed by atoms with E-state index in [0.29, 0.717) is 0 Å². The van der Waals surface area contributed by atoms with Gasteiger partial charge in [0, 0.05) is 6.20 Å².